The number of ether oxygens (including phenoxy) is 2. The third-order valence-corrected chi connectivity index (χ3v) is 11.7. The van der Waals surface area contributed by atoms with E-state index >= 15 is 0 Å². The van der Waals surface area contributed by atoms with E-state index in [1.54, 1.807) is 0 Å². The number of aliphatic hydroxyl groups is 1. The van der Waals surface area contributed by atoms with Gasteiger partial charge in [-0.15, -0.1) is 0 Å². The van der Waals surface area contributed by atoms with Crippen LogP contribution in [0.2, 0.25) is 0 Å². The van der Waals surface area contributed by atoms with Gasteiger partial charge in [0.25, 0.3) is 0 Å². The SMILES string of the molecule is CCCCCCCCCC(=O)OCCCC(C)(C)CCCN(CCCO)CCCCCCC(C)(C)C(=O)OCC(CCCCCCC)CCCCCCC. The number of rotatable bonds is 41. The molecule has 0 aromatic heterocycles. The fraction of sp³-hybridized carbons (Fsp3) is 0.958. The van der Waals surface area contributed by atoms with Crippen LogP contribution >= 0.6 is 0 Å². The second kappa shape index (κ2) is 36.2. The number of esters is 2. The fourth-order valence-corrected chi connectivity index (χ4v) is 7.70. The molecule has 0 aliphatic carbocycles. The molecule has 0 aromatic rings. The Morgan fingerprint density at radius 1 is 0.537 bits per heavy atom. The zero-order valence-electron chi connectivity index (χ0n) is 37.6. The van der Waals surface area contributed by atoms with Gasteiger partial charge in [-0.25, -0.2) is 0 Å². The molecule has 0 bridgehead atoms. The molecule has 0 rings (SSSR count). The lowest BCUT2D eigenvalue weighted by molar-refractivity contribution is -0.156. The summed E-state index contributed by atoms with van der Waals surface area (Å²) in [4.78, 5) is 27.8. The molecule has 0 fully saturated rings. The first-order valence-corrected chi connectivity index (χ1v) is 23.7. The Kier molecular flexibility index (Phi) is 35.5. The molecule has 322 valence electrons. The van der Waals surface area contributed by atoms with Gasteiger partial charge in [0.1, 0.15) is 0 Å². The van der Waals surface area contributed by atoms with Crippen LogP contribution in [0.15, 0.2) is 0 Å². The van der Waals surface area contributed by atoms with Gasteiger partial charge in [0.05, 0.1) is 18.6 Å². The van der Waals surface area contributed by atoms with E-state index in [0.29, 0.717) is 25.6 Å². The Labute approximate surface area is 337 Å². The summed E-state index contributed by atoms with van der Waals surface area (Å²) in [5.74, 6) is 0.467. The highest BCUT2D eigenvalue weighted by molar-refractivity contribution is 5.75. The third kappa shape index (κ3) is 33.0. The van der Waals surface area contributed by atoms with Gasteiger partial charge in [0.15, 0.2) is 0 Å². The van der Waals surface area contributed by atoms with Crippen molar-refractivity contribution in [3.63, 3.8) is 0 Å². The second-order valence-electron chi connectivity index (χ2n) is 18.3. The number of carbonyl (C=O) groups excluding carboxylic acids is 2. The van der Waals surface area contributed by atoms with E-state index in [2.05, 4.69) is 53.4 Å². The van der Waals surface area contributed by atoms with Crippen LogP contribution in [0.3, 0.4) is 0 Å². The summed E-state index contributed by atoms with van der Waals surface area (Å²) < 4.78 is 11.6. The van der Waals surface area contributed by atoms with Crippen molar-refractivity contribution in [2.45, 2.75) is 241 Å². The lowest BCUT2D eigenvalue weighted by Gasteiger charge is -2.27. The number of aliphatic hydroxyl groups excluding tert-OH is 1. The molecule has 0 saturated heterocycles. The van der Waals surface area contributed by atoms with E-state index in [9.17, 15) is 14.7 Å². The lowest BCUT2D eigenvalue weighted by atomic mass is 9.83. The van der Waals surface area contributed by atoms with Crippen molar-refractivity contribution in [1.82, 2.24) is 4.90 Å². The third-order valence-electron chi connectivity index (χ3n) is 11.7. The Morgan fingerprint density at radius 3 is 1.61 bits per heavy atom. The maximum atomic E-state index is 13.2. The summed E-state index contributed by atoms with van der Waals surface area (Å²) in [6, 6.07) is 0. The molecule has 1 N–H and O–H groups in total. The summed E-state index contributed by atoms with van der Waals surface area (Å²) in [5, 5.41) is 9.49. The molecule has 0 aromatic carbocycles. The maximum absolute atomic E-state index is 13.2. The van der Waals surface area contributed by atoms with Crippen molar-refractivity contribution in [3.05, 3.63) is 0 Å². The van der Waals surface area contributed by atoms with Crippen molar-refractivity contribution in [1.29, 1.82) is 0 Å². The molecule has 0 amide bonds. The first-order chi connectivity index (χ1) is 26.0. The first kappa shape index (κ1) is 52.9. The monoisotopic (exact) mass is 766 g/mol. The normalized spacial score (nSPS) is 12.3. The van der Waals surface area contributed by atoms with E-state index in [1.807, 2.05) is 0 Å². The minimum absolute atomic E-state index is 0.0117. The van der Waals surface area contributed by atoms with Gasteiger partial charge in [-0.2, -0.15) is 0 Å². The van der Waals surface area contributed by atoms with E-state index in [0.717, 1.165) is 90.3 Å². The van der Waals surface area contributed by atoms with Gasteiger partial charge in [-0.05, 0) is 102 Å². The fourth-order valence-electron chi connectivity index (χ4n) is 7.70. The van der Waals surface area contributed by atoms with Gasteiger partial charge in [0.2, 0.25) is 0 Å². The number of hydrogen-bond acceptors (Lipinski definition) is 6. The zero-order valence-corrected chi connectivity index (χ0v) is 37.6. The Hall–Kier alpha value is -1.14. The molecule has 0 atom stereocenters. The molecule has 0 spiro atoms. The average Bonchev–Trinajstić information content (AvgIpc) is 3.14. The predicted octanol–water partition coefficient (Wildman–Crippen LogP) is 13.8. The number of carbonyl (C=O) groups is 2. The van der Waals surface area contributed by atoms with Crippen LogP contribution in [0.5, 0.6) is 0 Å². The van der Waals surface area contributed by atoms with E-state index in [-0.39, 0.29) is 24.0 Å². The first-order valence-electron chi connectivity index (χ1n) is 23.7. The standard InChI is InChI=1S/C48H95NO5/c1-8-11-14-17-18-21-26-34-45(51)53-42-30-36-47(4,5)35-29-39-49(40-31-41-50)38-28-23-22-27-37-48(6,7)46(52)54-43-44(32-24-19-15-12-9-2)33-25-20-16-13-10-3/h44,50H,8-43H2,1-7H3. The topological polar surface area (TPSA) is 76.1 Å². The molecule has 0 aliphatic heterocycles. The summed E-state index contributed by atoms with van der Waals surface area (Å²) in [6.07, 6.45) is 35.0. The van der Waals surface area contributed by atoms with Crippen LogP contribution in [-0.2, 0) is 19.1 Å². The molecule has 0 unspecified atom stereocenters. The number of nitrogens with zero attached hydrogens (tertiary/aromatic N) is 1. The van der Waals surface area contributed by atoms with Gasteiger partial charge < -0.3 is 19.5 Å². The lowest BCUT2D eigenvalue weighted by Crippen LogP contribution is -2.29. The zero-order chi connectivity index (χ0) is 40.2. The van der Waals surface area contributed by atoms with E-state index in [4.69, 9.17) is 9.47 Å². The largest absolute Gasteiger partial charge is 0.466 e. The van der Waals surface area contributed by atoms with Crippen LogP contribution in [0.4, 0.5) is 0 Å². The van der Waals surface area contributed by atoms with Crippen molar-refractivity contribution >= 4 is 11.9 Å². The summed E-state index contributed by atoms with van der Waals surface area (Å²) in [6.45, 7) is 20.1. The molecule has 0 heterocycles. The molecular weight excluding hydrogens is 671 g/mol. The van der Waals surface area contributed by atoms with Crippen LogP contribution < -0.4 is 0 Å². The van der Waals surface area contributed by atoms with Crippen molar-refractivity contribution in [3.8, 4) is 0 Å². The highest BCUT2D eigenvalue weighted by Crippen LogP contribution is 2.29. The number of hydrogen-bond donors (Lipinski definition) is 1. The minimum Gasteiger partial charge on any atom is -0.466 e. The van der Waals surface area contributed by atoms with Crippen molar-refractivity contribution in [2.24, 2.45) is 16.7 Å². The molecule has 0 aliphatic rings. The predicted molar refractivity (Wildman–Crippen MR) is 232 cm³/mol. The quantitative estimate of drug-likeness (QED) is 0.0493. The van der Waals surface area contributed by atoms with Gasteiger partial charge >= 0.3 is 11.9 Å². The highest BCUT2D eigenvalue weighted by atomic mass is 16.5. The summed E-state index contributed by atoms with van der Waals surface area (Å²) in [7, 11) is 0. The molecular formula is C48H95NO5. The molecule has 54 heavy (non-hydrogen) atoms. The maximum Gasteiger partial charge on any atom is 0.311 e. The molecule has 0 radical (unpaired) electrons. The second-order valence-corrected chi connectivity index (χ2v) is 18.3. The van der Waals surface area contributed by atoms with E-state index in [1.165, 1.54) is 116 Å². The highest BCUT2D eigenvalue weighted by Gasteiger charge is 2.29. The van der Waals surface area contributed by atoms with Gasteiger partial charge in [0, 0.05) is 19.6 Å². The van der Waals surface area contributed by atoms with Crippen LogP contribution in [-0.4, -0.2) is 61.4 Å². The Morgan fingerprint density at radius 2 is 1.02 bits per heavy atom. The van der Waals surface area contributed by atoms with Crippen molar-refractivity contribution in [2.75, 3.05) is 39.5 Å². The average molecular weight is 766 g/mol. The molecule has 6 nitrogen and oxygen atoms in total. The molecule has 0 saturated carbocycles. The molecule has 6 heteroatoms. The van der Waals surface area contributed by atoms with Crippen LogP contribution in [0.1, 0.15) is 241 Å². The smallest absolute Gasteiger partial charge is 0.311 e. The van der Waals surface area contributed by atoms with Gasteiger partial charge in [-0.1, -0.05) is 157 Å². The van der Waals surface area contributed by atoms with E-state index < -0.39 is 5.41 Å². The Bertz CT molecular complexity index is 829. The minimum atomic E-state index is -0.429. The van der Waals surface area contributed by atoms with Gasteiger partial charge in [-0.3, -0.25) is 9.59 Å². The summed E-state index contributed by atoms with van der Waals surface area (Å²) >= 11 is 0. The van der Waals surface area contributed by atoms with Crippen LogP contribution in [0, 0.1) is 16.7 Å². The number of unbranched alkanes of at least 4 members (excludes halogenated alkanes) is 17. The van der Waals surface area contributed by atoms with Crippen LogP contribution in [0.25, 0.3) is 0 Å². The van der Waals surface area contributed by atoms with Crippen molar-refractivity contribution < 1.29 is 24.2 Å². The summed E-state index contributed by atoms with van der Waals surface area (Å²) in [5.41, 5.74) is -0.202. The Balaban J connectivity index is 4.37.